The molecule has 0 aliphatic heterocycles. The van der Waals surface area contributed by atoms with E-state index in [4.69, 9.17) is 10.5 Å². The number of hydrogen-bond donors (Lipinski definition) is 1. The highest BCUT2D eigenvalue weighted by Gasteiger charge is 2.07. The summed E-state index contributed by atoms with van der Waals surface area (Å²) in [5.41, 5.74) is 6.81. The van der Waals surface area contributed by atoms with Crippen LogP contribution in [0.4, 0.5) is 4.39 Å². The summed E-state index contributed by atoms with van der Waals surface area (Å²) in [5.74, 6) is 0.0775. The summed E-state index contributed by atoms with van der Waals surface area (Å²) in [5, 5.41) is 0. The van der Waals surface area contributed by atoms with Gasteiger partial charge in [0.1, 0.15) is 0 Å². The minimum atomic E-state index is -0.278. The Balaban J connectivity index is 2.36. The minimum Gasteiger partial charge on any atom is -0.491 e. The zero-order chi connectivity index (χ0) is 14.8. The van der Waals surface area contributed by atoms with Gasteiger partial charge in [-0.2, -0.15) is 0 Å². The number of unbranched alkanes of at least 4 members (excludes halogenated alkanes) is 4. The lowest BCUT2D eigenvalue weighted by Gasteiger charge is -2.11. The lowest BCUT2D eigenvalue weighted by Crippen LogP contribution is -2.21. The van der Waals surface area contributed by atoms with Crippen molar-refractivity contribution in [3.05, 3.63) is 29.6 Å². The Kier molecular flexibility index (Phi) is 8.28. The molecular weight excluding hydrogens is 253 g/mol. The summed E-state index contributed by atoms with van der Waals surface area (Å²) in [6.07, 6.45) is 7.48. The quantitative estimate of drug-likeness (QED) is 0.643. The molecule has 2 N–H and O–H groups in total. The smallest absolute Gasteiger partial charge is 0.165 e. The molecule has 3 heteroatoms. The zero-order valence-electron chi connectivity index (χ0n) is 12.8. The van der Waals surface area contributed by atoms with Gasteiger partial charge in [-0.1, -0.05) is 45.6 Å². The Hall–Kier alpha value is -1.09. The van der Waals surface area contributed by atoms with Gasteiger partial charge in [-0.05, 0) is 37.0 Å². The SMILES string of the molecule is CCCCCCCOc1ccc(CC(N)CC)cc1F. The molecule has 1 aromatic rings. The van der Waals surface area contributed by atoms with Crippen molar-refractivity contribution >= 4 is 0 Å². The lowest BCUT2D eigenvalue weighted by molar-refractivity contribution is 0.290. The molecule has 0 saturated carbocycles. The van der Waals surface area contributed by atoms with Crippen LogP contribution in [0.15, 0.2) is 18.2 Å². The number of rotatable bonds is 10. The van der Waals surface area contributed by atoms with Gasteiger partial charge in [0.25, 0.3) is 0 Å². The van der Waals surface area contributed by atoms with Gasteiger partial charge < -0.3 is 10.5 Å². The van der Waals surface area contributed by atoms with E-state index >= 15 is 0 Å². The van der Waals surface area contributed by atoms with Gasteiger partial charge in [0.2, 0.25) is 0 Å². The molecule has 1 unspecified atom stereocenters. The largest absolute Gasteiger partial charge is 0.491 e. The molecule has 0 aliphatic rings. The molecule has 114 valence electrons. The molecule has 0 aliphatic carbocycles. The molecule has 0 amide bonds. The second-order valence-corrected chi connectivity index (χ2v) is 5.40. The van der Waals surface area contributed by atoms with Crippen LogP contribution in [0.3, 0.4) is 0 Å². The maximum atomic E-state index is 13.9. The summed E-state index contributed by atoms with van der Waals surface area (Å²) >= 11 is 0. The van der Waals surface area contributed by atoms with Gasteiger partial charge in [-0.15, -0.1) is 0 Å². The third-order valence-electron chi connectivity index (χ3n) is 3.52. The van der Waals surface area contributed by atoms with Gasteiger partial charge in [0.15, 0.2) is 11.6 Å². The lowest BCUT2D eigenvalue weighted by atomic mass is 10.0. The van der Waals surface area contributed by atoms with E-state index < -0.39 is 0 Å². The number of benzene rings is 1. The second-order valence-electron chi connectivity index (χ2n) is 5.40. The van der Waals surface area contributed by atoms with Gasteiger partial charge in [0, 0.05) is 6.04 Å². The van der Waals surface area contributed by atoms with Crippen molar-refractivity contribution in [2.45, 2.75) is 64.8 Å². The average Bonchev–Trinajstić information content (AvgIpc) is 2.44. The van der Waals surface area contributed by atoms with Crippen LogP contribution in [-0.2, 0) is 6.42 Å². The van der Waals surface area contributed by atoms with Crippen molar-refractivity contribution in [1.82, 2.24) is 0 Å². The van der Waals surface area contributed by atoms with Crippen LogP contribution in [-0.4, -0.2) is 12.6 Å². The molecule has 0 bridgehead atoms. The third kappa shape index (κ3) is 6.38. The standard InChI is InChI=1S/C17H28FNO/c1-3-5-6-7-8-11-20-17-10-9-14(13-16(17)18)12-15(19)4-2/h9-10,13,15H,3-8,11-12,19H2,1-2H3. The summed E-state index contributed by atoms with van der Waals surface area (Å²) in [6, 6.07) is 5.27. The molecule has 2 nitrogen and oxygen atoms in total. The predicted octanol–water partition coefficient (Wildman–Crippen LogP) is 4.45. The van der Waals surface area contributed by atoms with Gasteiger partial charge in [-0.3, -0.25) is 0 Å². The van der Waals surface area contributed by atoms with Crippen LogP contribution >= 0.6 is 0 Å². The first-order valence-corrected chi connectivity index (χ1v) is 7.84. The molecule has 1 atom stereocenters. The van der Waals surface area contributed by atoms with Gasteiger partial charge >= 0.3 is 0 Å². The Bertz CT molecular complexity index is 381. The maximum Gasteiger partial charge on any atom is 0.165 e. The normalized spacial score (nSPS) is 12.4. The molecular formula is C17H28FNO. The Morgan fingerprint density at radius 3 is 2.55 bits per heavy atom. The molecule has 0 heterocycles. The highest BCUT2D eigenvalue weighted by molar-refractivity contribution is 5.29. The predicted molar refractivity (Wildman–Crippen MR) is 82.6 cm³/mol. The molecule has 1 rings (SSSR count). The number of hydrogen-bond acceptors (Lipinski definition) is 2. The van der Waals surface area contributed by atoms with Crippen molar-refractivity contribution in [2.75, 3.05) is 6.61 Å². The average molecular weight is 281 g/mol. The van der Waals surface area contributed by atoms with Crippen LogP contribution < -0.4 is 10.5 Å². The molecule has 0 aromatic heterocycles. The summed E-state index contributed by atoms with van der Waals surface area (Å²) < 4.78 is 19.4. The second kappa shape index (κ2) is 9.76. The Morgan fingerprint density at radius 2 is 1.90 bits per heavy atom. The minimum absolute atomic E-state index is 0.0970. The van der Waals surface area contributed by atoms with E-state index in [1.807, 2.05) is 13.0 Å². The van der Waals surface area contributed by atoms with E-state index in [1.54, 1.807) is 12.1 Å². The van der Waals surface area contributed by atoms with E-state index in [-0.39, 0.29) is 11.9 Å². The molecule has 1 aromatic carbocycles. The van der Waals surface area contributed by atoms with Crippen LogP contribution in [0.5, 0.6) is 5.75 Å². The molecule has 0 spiro atoms. The zero-order valence-corrected chi connectivity index (χ0v) is 12.8. The topological polar surface area (TPSA) is 35.2 Å². The highest BCUT2D eigenvalue weighted by Crippen LogP contribution is 2.20. The molecule has 20 heavy (non-hydrogen) atoms. The fourth-order valence-electron chi connectivity index (χ4n) is 2.12. The van der Waals surface area contributed by atoms with E-state index in [0.29, 0.717) is 18.8 Å². The number of halogens is 1. The Labute approximate surface area is 122 Å². The fraction of sp³-hybridized carbons (Fsp3) is 0.647. The van der Waals surface area contributed by atoms with Crippen LogP contribution in [0, 0.1) is 5.82 Å². The third-order valence-corrected chi connectivity index (χ3v) is 3.52. The maximum absolute atomic E-state index is 13.9. The first kappa shape index (κ1) is 17.0. The van der Waals surface area contributed by atoms with E-state index in [2.05, 4.69) is 6.92 Å². The summed E-state index contributed by atoms with van der Waals surface area (Å²) in [7, 11) is 0. The van der Waals surface area contributed by atoms with E-state index in [0.717, 1.165) is 24.8 Å². The van der Waals surface area contributed by atoms with Crippen LogP contribution in [0.25, 0.3) is 0 Å². The van der Waals surface area contributed by atoms with Crippen molar-refractivity contribution in [3.63, 3.8) is 0 Å². The first-order valence-electron chi connectivity index (χ1n) is 7.84. The van der Waals surface area contributed by atoms with Crippen molar-refractivity contribution in [1.29, 1.82) is 0 Å². The molecule has 0 fully saturated rings. The monoisotopic (exact) mass is 281 g/mol. The van der Waals surface area contributed by atoms with Gasteiger partial charge in [0.05, 0.1) is 6.61 Å². The number of ether oxygens (including phenoxy) is 1. The number of nitrogens with two attached hydrogens (primary N) is 1. The fourth-order valence-corrected chi connectivity index (χ4v) is 2.12. The van der Waals surface area contributed by atoms with Crippen molar-refractivity contribution in [3.8, 4) is 5.75 Å². The molecule has 0 saturated heterocycles. The van der Waals surface area contributed by atoms with Crippen LogP contribution in [0.2, 0.25) is 0 Å². The van der Waals surface area contributed by atoms with E-state index in [9.17, 15) is 4.39 Å². The Morgan fingerprint density at radius 1 is 1.15 bits per heavy atom. The van der Waals surface area contributed by atoms with E-state index in [1.165, 1.54) is 19.3 Å². The van der Waals surface area contributed by atoms with Crippen LogP contribution in [0.1, 0.15) is 57.9 Å². The van der Waals surface area contributed by atoms with Crippen molar-refractivity contribution < 1.29 is 9.13 Å². The van der Waals surface area contributed by atoms with Crippen molar-refractivity contribution in [2.24, 2.45) is 5.73 Å². The van der Waals surface area contributed by atoms with Gasteiger partial charge in [-0.25, -0.2) is 4.39 Å². The summed E-state index contributed by atoms with van der Waals surface area (Å²) in [6.45, 7) is 4.82. The first-order chi connectivity index (χ1) is 9.67. The molecule has 0 radical (unpaired) electrons. The highest BCUT2D eigenvalue weighted by atomic mass is 19.1. The summed E-state index contributed by atoms with van der Waals surface area (Å²) in [4.78, 5) is 0.